The predicted molar refractivity (Wildman–Crippen MR) is 356 cm³/mol. The maximum absolute atomic E-state index is 13.0. The average Bonchev–Trinajstić information content (AvgIpc) is 0.777. The average molecular weight is 1370 g/mol. The molecule has 96 heavy (non-hydrogen) atoms. The summed E-state index contributed by atoms with van der Waals surface area (Å²) in [6.45, 7) is 1.42. The van der Waals surface area contributed by atoms with Gasteiger partial charge in [0.2, 0.25) is 11.8 Å². The number of thioether (sulfide) groups is 2. The van der Waals surface area contributed by atoms with Crippen molar-refractivity contribution in [1.82, 2.24) is 31.9 Å². The lowest BCUT2D eigenvalue weighted by Crippen LogP contribution is -2.68. The number of benzene rings is 5. The normalized spacial score (nSPS) is 22.0. The fourth-order valence-electron chi connectivity index (χ4n) is 10.5. The number of carbonyl (C=O) groups excluding carboxylic acids is 6. The topological polar surface area (TPSA) is 432 Å². The summed E-state index contributed by atoms with van der Waals surface area (Å²) >= 11 is 2.84. The molecule has 0 spiro atoms. The quantitative estimate of drug-likeness (QED) is 0.0263. The molecule has 7 rings (SSSR count). The van der Waals surface area contributed by atoms with Crippen LogP contribution in [0.4, 0.5) is 21.0 Å². The number of hydrogen-bond acceptors (Lipinski definition) is 20. The van der Waals surface area contributed by atoms with E-state index in [0.717, 1.165) is 36.1 Å². The SMILES string of the molecule is CC(=O)N[C@@H]1[C@@H](O)C[C@](OCCCSCCNC(=O)Nc2ccc(NC(=O)NCCSCCCO[C@]3(C(=O)O)C[C@H](O)[C@@H](NC(C)=O)[C@H](C(O)[C@H](O)CNC(=O)c4ccc(-c5ccccc5)cc4)O3)cc2)(C(=O)O)O[C@H]1C(O)[C@H](O)CNC(=O)c1ccc(-c2ccccc2)cc1. The number of rotatable bonds is 34. The van der Waals surface area contributed by atoms with Gasteiger partial charge in [0.15, 0.2) is 0 Å². The number of urea groups is 2. The molecule has 2 unspecified atom stereocenters. The first kappa shape index (κ1) is 75.1. The molecule has 2 saturated heterocycles. The Labute approximate surface area is 562 Å². The molecule has 0 aliphatic carbocycles. The van der Waals surface area contributed by atoms with Gasteiger partial charge in [-0.05, 0) is 95.1 Å². The van der Waals surface area contributed by atoms with Gasteiger partial charge < -0.3 is 102 Å². The van der Waals surface area contributed by atoms with Crippen LogP contribution in [0.15, 0.2) is 133 Å². The smallest absolute Gasteiger partial charge is 0.364 e. The molecule has 30 heteroatoms. The second-order valence-electron chi connectivity index (χ2n) is 22.7. The Morgan fingerprint density at radius 3 is 1.17 bits per heavy atom. The van der Waals surface area contributed by atoms with E-state index in [9.17, 15) is 79.2 Å². The summed E-state index contributed by atoms with van der Waals surface area (Å²) in [7, 11) is 0. The number of carboxylic acid groups (broad SMARTS) is 2. The number of aliphatic hydroxyl groups excluding tert-OH is 6. The van der Waals surface area contributed by atoms with E-state index in [1.54, 1.807) is 72.8 Å². The summed E-state index contributed by atoms with van der Waals surface area (Å²) in [4.78, 5) is 101. The lowest BCUT2D eigenvalue weighted by atomic mass is 9.88. The Balaban J connectivity index is 0.752. The number of hydrogen-bond donors (Lipinski definition) is 16. The Hall–Kier alpha value is -8.24. The first-order chi connectivity index (χ1) is 46.0. The molecule has 5 aromatic carbocycles. The van der Waals surface area contributed by atoms with Crippen LogP contribution < -0.4 is 42.5 Å². The van der Waals surface area contributed by atoms with Gasteiger partial charge in [-0.15, -0.1) is 0 Å². The lowest BCUT2D eigenvalue weighted by molar-refractivity contribution is -0.310. The number of nitrogens with one attached hydrogen (secondary N) is 8. The van der Waals surface area contributed by atoms with Gasteiger partial charge in [0.25, 0.3) is 23.4 Å². The second kappa shape index (κ2) is 36.8. The standard InChI is InChI=1S/C66H82N8O20S2/c1-39(75)71-53-49(77)35-65(61(85)86,93-57(53)55(81)51(79)37-69-59(83)45-19-15-43(16-20-45)41-11-5-3-6-12-41)91-29-9-31-95-33-27-67-63(89)73-47-23-25-48(26-24-47)74-64(90)68-28-34-96-32-10-30-92-66(62(87)88)36-50(78)54(72-40(2)76)58(94-66)56(82)52(80)38-70-60(84)46-21-17-44(18-22-46)42-13-7-4-8-14-42/h3-8,11-26,49-58,77-82H,9-10,27-38H2,1-2H3,(H,69,83)(H,70,84)(H,71,75)(H,72,76)(H,85,86)(H,87,88)(H2,67,73,89)(H2,68,74,90)/t49-,50-,51+,52+,53+,54+,55?,56?,57+,58+,65+,66+/m0/s1. The van der Waals surface area contributed by atoms with Crippen molar-refractivity contribution in [3.05, 3.63) is 145 Å². The molecule has 5 aromatic rings. The van der Waals surface area contributed by atoms with Gasteiger partial charge in [-0.25, -0.2) is 19.2 Å². The van der Waals surface area contributed by atoms with Crippen molar-refractivity contribution >= 4 is 82.5 Å². The Morgan fingerprint density at radius 1 is 0.490 bits per heavy atom. The molecule has 0 aromatic heterocycles. The maximum Gasteiger partial charge on any atom is 0.364 e. The van der Waals surface area contributed by atoms with Crippen LogP contribution in [0.2, 0.25) is 0 Å². The molecule has 2 aliphatic heterocycles. The molecule has 16 N–H and O–H groups in total. The summed E-state index contributed by atoms with van der Waals surface area (Å²) < 4.78 is 23.1. The minimum atomic E-state index is -2.49. The van der Waals surface area contributed by atoms with E-state index < -0.39 is 146 Å². The van der Waals surface area contributed by atoms with Gasteiger partial charge in [0, 0.05) is 86.9 Å². The highest BCUT2D eigenvalue weighted by Crippen LogP contribution is 2.36. The van der Waals surface area contributed by atoms with E-state index in [2.05, 4.69) is 42.5 Å². The molecule has 28 nitrogen and oxygen atoms in total. The number of aliphatic carboxylic acids is 2. The Bertz CT molecular complexity index is 3150. The molecule has 2 aliphatic rings. The van der Waals surface area contributed by atoms with Crippen molar-refractivity contribution in [3.8, 4) is 22.3 Å². The fraction of sp³-hybridized carbons (Fsp3) is 0.424. The van der Waals surface area contributed by atoms with Crippen molar-refractivity contribution < 1.29 is 98.2 Å². The van der Waals surface area contributed by atoms with Crippen molar-refractivity contribution in [2.24, 2.45) is 0 Å². The largest absolute Gasteiger partial charge is 0.477 e. The minimum absolute atomic E-state index is 0.181. The van der Waals surface area contributed by atoms with Gasteiger partial charge in [0.1, 0.15) is 24.4 Å². The molecule has 2 fully saturated rings. The van der Waals surface area contributed by atoms with Crippen molar-refractivity contribution in [2.45, 2.75) is 112 Å². The van der Waals surface area contributed by atoms with Crippen molar-refractivity contribution in [2.75, 3.05) is 73.0 Å². The van der Waals surface area contributed by atoms with Crippen LogP contribution in [0.3, 0.4) is 0 Å². The summed E-state index contributed by atoms with van der Waals surface area (Å²) in [6, 6.07) is 35.0. The number of amides is 8. The zero-order valence-corrected chi connectivity index (χ0v) is 54.3. The molecule has 0 saturated carbocycles. The number of aliphatic hydroxyl groups is 6. The number of carboxylic acids is 2. The molecule has 0 radical (unpaired) electrons. The number of anilines is 2. The predicted octanol–water partition coefficient (Wildman–Crippen LogP) is 2.72. The Morgan fingerprint density at radius 2 is 0.833 bits per heavy atom. The van der Waals surface area contributed by atoms with Crippen molar-refractivity contribution in [3.63, 3.8) is 0 Å². The van der Waals surface area contributed by atoms with Crippen LogP contribution >= 0.6 is 23.5 Å². The third-order valence-electron chi connectivity index (χ3n) is 15.5. The third-order valence-corrected chi connectivity index (χ3v) is 17.6. The van der Waals surface area contributed by atoms with Crippen LogP contribution in [0.25, 0.3) is 22.3 Å². The van der Waals surface area contributed by atoms with E-state index in [1.165, 1.54) is 23.5 Å². The van der Waals surface area contributed by atoms with Crippen LogP contribution in [0.5, 0.6) is 0 Å². The minimum Gasteiger partial charge on any atom is -0.477 e. The van der Waals surface area contributed by atoms with Gasteiger partial charge in [0.05, 0.1) is 49.7 Å². The molecule has 518 valence electrons. The van der Waals surface area contributed by atoms with Gasteiger partial charge >= 0.3 is 24.0 Å². The summed E-state index contributed by atoms with van der Waals surface area (Å²) in [5.74, 6) is -8.83. The second-order valence-corrected chi connectivity index (χ2v) is 25.1. The third kappa shape index (κ3) is 21.9. The zero-order chi connectivity index (χ0) is 69.4. The number of ether oxygens (including phenoxy) is 4. The molecular formula is C66H82N8O20S2. The van der Waals surface area contributed by atoms with Gasteiger partial charge in [-0.3, -0.25) is 19.2 Å². The van der Waals surface area contributed by atoms with E-state index in [1.807, 2.05) is 60.7 Å². The Kier molecular flexibility index (Phi) is 28.8. The summed E-state index contributed by atoms with van der Waals surface area (Å²) in [6.07, 6.45) is -14.7. The fourth-order valence-corrected chi connectivity index (χ4v) is 12.1. The summed E-state index contributed by atoms with van der Waals surface area (Å²) in [5, 5.41) is 108. The van der Waals surface area contributed by atoms with E-state index in [-0.39, 0.29) is 37.4 Å². The highest BCUT2D eigenvalue weighted by atomic mass is 32.2. The lowest BCUT2D eigenvalue weighted by Gasteiger charge is -2.46. The van der Waals surface area contributed by atoms with Crippen LogP contribution in [0.1, 0.15) is 60.2 Å². The first-order valence-corrected chi connectivity index (χ1v) is 33.2. The van der Waals surface area contributed by atoms with Crippen LogP contribution in [-0.4, -0.2) is 223 Å². The first-order valence-electron chi connectivity index (χ1n) is 30.9. The van der Waals surface area contributed by atoms with Gasteiger partial charge in [-0.1, -0.05) is 84.9 Å². The molecule has 8 amide bonds. The summed E-state index contributed by atoms with van der Waals surface area (Å²) in [5.41, 5.74) is 5.03. The van der Waals surface area contributed by atoms with Crippen molar-refractivity contribution in [1.29, 1.82) is 0 Å². The number of carbonyl (C=O) groups is 8. The molecular weight excluding hydrogens is 1290 g/mol. The van der Waals surface area contributed by atoms with E-state index in [0.29, 0.717) is 47.2 Å². The maximum atomic E-state index is 13.0. The van der Waals surface area contributed by atoms with Gasteiger partial charge in [-0.2, -0.15) is 23.5 Å². The highest BCUT2D eigenvalue weighted by molar-refractivity contribution is 7.99. The highest BCUT2D eigenvalue weighted by Gasteiger charge is 2.57. The molecule has 0 bridgehead atoms. The molecule has 2 heterocycles. The van der Waals surface area contributed by atoms with Crippen LogP contribution in [0, 0.1) is 0 Å². The van der Waals surface area contributed by atoms with Crippen LogP contribution in [-0.2, 0) is 38.1 Å². The zero-order valence-electron chi connectivity index (χ0n) is 52.7. The van der Waals surface area contributed by atoms with E-state index >= 15 is 0 Å². The monoisotopic (exact) mass is 1370 g/mol. The van der Waals surface area contributed by atoms with E-state index in [4.69, 9.17) is 18.9 Å². The molecule has 12 atom stereocenters.